The van der Waals surface area contributed by atoms with Gasteiger partial charge in [0.2, 0.25) is 0 Å². The van der Waals surface area contributed by atoms with Crippen LogP contribution in [-0.4, -0.2) is 20.0 Å². The lowest BCUT2D eigenvalue weighted by Gasteiger charge is -2.37. The maximum Gasteiger partial charge on any atom is 0.123 e. The molecule has 76 valence electrons. The lowest BCUT2D eigenvalue weighted by Crippen LogP contribution is -2.31. The van der Waals surface area contributed by atoms with Gasteiger partial charge in [0.1, 0.15) is 6.29 Å². The van der Waals surface area contributed by atoms with Crippen LogP contribution in [0.4, 0.5) is 0 Å². The van der Waals surface area contributed by atoms with E-state index in [-0.39, 0.29) is 5.41 Å². The first-order chi connectivity index (χ1) is 6.07. The van der Waals surface area contributed by atoms with Crippen LogP contribution in [0.1, 0.15) is 33.1 Å². The molecule has 0 radical (unpaired) electrons. The van der Waals surface area contributed by atoms with Crippen molar-refractivity contribution in [1.29, 1.82) is 0 Å². The van der Waals surface area contributed by atoms with Gasteiger partial charge in [-0.05, 0) is 30.6 Å². The van der Waals surface area contributed by atoms with Crippen LogP contribution < -0.4 is 0 Å². The van der Waals surface area contributed by atoms with Crippen LogP contribution in [0, 0.1) is 17.3 Å². The monoisotopic (exact) mass is 184 g/mol. The Morgan fingerprint density at radius 3 is 2.54 bits per heavy atom. The largest absolute Gasteiger partial charge is 0.384 e. The van der Waals surface area contributed by atoms with Gasteiger partial charge < -0.3 is 9.53 Å². The predicted molar refractivity (Wildman–Crippen MR) is 52.6 cm³/mol. The van der Waals surface area contributed by atoms with Gasteiger partial charge in [-0.2, -0.15) is 0 Å². The second-order valence-electron chi connectivity index (χ2n) is 5.03. The molecule has 0 bridgehead atoms. The van der Waals surface area contributed by atoms with Crippen LogP contribution in [0.25, 0.3) is 0 Å². The molecule has 13 heavy (non-hydrogen) atoms. The van der Waals surface area contributed by atoms with Crippen LogP contribution in [0.2, 0.25) is 0 Å². The van der Waals surface area contributed by atoms with Crippen molar-refractivity contribution in [2.45, 2.75) is 33.1 Å². The highest BCUT2D eigenvalue weighted by molar-refractivity contribution is 5.54. The molecule has 1 saturated carbocycles. The summed E-state index contributed by atoms with van der Waals surface area (Å²) in [5.41, 5.74) is 0.271. The van der Waals surface area contributed by atoms with Crippen molar-refractivity contribution < 1.29 is 9.53 Å². The molecule has 0 spiro atoms. The van der Waals surface area contributed by atoms with E-state index in [1.165, 1.54) is 6.42 Å². The average molecular weight is 184 g/mol. The molecule has 0 unspecified atom stereocenters. The molecule has 0 saturated heterocycles. The van der Waals surface area contributed by atoms with E-state index in [4.69, 9.17) is 4.74 Å². The summed E-state index contributed by atoms with van der Waals surface area (Å²) < 4.78 is 5.16. The summed E-state index contributed by atoms with van der Waals surface area (Å²) in [5.74, 6) is 1.10. The molecule has 0 aromatic rings. The van der Waals surface area contributed by atoms with Crippen LogP contribution in [0.15, 0.2) is 0 Å². The van der Waals surface area contributed by atoms with Gasteiger partial charge in [0.15, 0.2) is 0 Å². The Bertz CT molecular complexity index is 169. The second kappa shape index (κ2) is 4.23. The predicted octanol–water partition coefficient (Wildman–Crippen LogP) is 2.27. The fourth-order valence-electron chi connectivity index (χ4n) is 2.30. The first kappa shape index (κ1) is 10.7. The van der Waals surface area contributed by atoms with Gasteiger partial charge in [-0.1, -0.05) is 13.8 Å². The van der Waals surface area contributed by atoms with Crippen molar-refractivity contribution in [3.63, 3.8) is 0 Å². The number of aldehydes is 1. The number of carbonyl (C=O) groups excluding carboxylic acids is 1. The topological polar surface area (TPSA) is 26.3 Å². The SMILES string of the molecule is COCC(C)(C)C[C@H]1C[C@@H](C=O)C1. The van der Waals surface area contributed by atoms with Gasteiger partial charge >= 0.3 is 0 Å². The number of methoxy groups -OCH3 is 1. The maximum absolute atomic E-state index is 10.4. The summed E-state index contributed by atoms with van der Waals surface area (Å²) in [6.45, 7) is 5.27. The lowest BCUT2D eigenvalue weighted by atomic mass is 9.68. The first-order valence-electron chi connectivity index (χ1n) is 5.01. The number of hydrogen-bond acceptors (Lipinski definition) is 2. The van der Waals surface area contributed by atoms with E-state index < -0.39 is 0 Å². The molecule has 1 aliphatic rings. The quantitative estimate of drug-likeness (QED) is 0.613. The Hall–Kier alpha value is -0.370. The van der Waals surface area contributed by atoms with E-state index in [9.17, 15) is 4.79 Å². The van der Waals surface area contributed by atoms with Crippen molar-refractivity contribution >= 4 is 6.29 Å². The molecule has 0 aromatic heterocycles. The molecule has 2 nitrogen and oxygen atoms in total. The molecule has 0 atom stereocenters. The minimum Gasteiger partial charge on any atom is -0.384 e. The highest BCUT2D eigenvalue weighted by atomic mass is 16.5. The zero-order valence-corrected chi connectivity index (χ0v) is 8.88. The van der Waals surface area contributed by atoms with Gasteiger partial charge in [-0.3, -0.25) is 0 Å². The molecule has 0 aliphatic heterocycles. The number of rotatable bonds is 5. The van der Waals surface area contributed by atoms with E-state index in [0.717, 1.165) is 31.7 Å². The summed E-state index contributed by atoms with van der Waals surface area (Å²) in [6.07, 6.45) is 4.47. The molecule has 1 fully saturated rings. The Morgan fingerprint density at radius 2 is 2.08 bits per heavy atom. The van der Waals surface area contributed by atoms with E-state index in [2.05, 4.69) is 13.8 Å². The lowest BCUT2D eigenvalue weighted by molar-refractivity contribution is -0.115. The van der Waals surface area contributed by atoms with Crippen molar-refractivity contribution in [3.8, 4) is 0 Å². The van der Waals surface area contributed by atoms with Gasteiger partial charge in [-0.15, -0.1) is 0 Å². The smallest absolute Gasteiger partial charge is 0.123 e. The third-order valence-electron chi connectivity index (χ3n) is 2.84. The molecular weight excluding hydrogens is 164 g/mol. The summed E-state index contributed by atoms with van der Waals surface area (Å²) in [5, 5.41) is 0. The average Bonchev–Trinajstić information content (AvgIpc) is 1.95. The standard InChI is InChI=1S/C11H20O2/c1-11(2,8-13-3)6-9-4-10(5-9)7-12/h7,9-10H,4-6,8H2,1-3H3/t9-,10+. The summed E-state index contributed by atoms with van der Waals surface area (Å²) >= 11 is 0. The molecule has 0 amide bonds. The van der Waals surface area contributed by atoms with Crippen molar-refractivity contribution in [3.05, 3.63) is 0 Å². The maximum atomic E-state index is 10.4. The summed E-state index contributed by atoms with van der Waals surface area (Å²) in [4.78, 5) is 10.4. The third-order valence-corrected chi connectivity index (χ3v) is 2.84. The van der Waals surface area contributed by atoms with E-state index in [1.807, 2.05) is 0 Å². The van der Waals surface area contributed by atoms with Crippen molar-refractivity contribution in [2.24, 2.45) is 17.3 Å². The highest BCUT2D eigenvalue weighted by Crippen LogP contribution is 2.40. The fourth-order valence-corrected chi connectivity index (χ4v) is 2.30. The molecule has 0 heterocycles. The van der Waals surface area contributed by atoms with Crippen molar-refractivity contribution in [2.75, 3.05) is 13.7 Å². The normalized spacial score (nSPS) is 28.2. The van der Waals surface area contributed by atoms with Gasteiger partial charge in [0.25, 0.3) is 0 Å². The van der Waals surface area contributed by atoms with E-state index in [1.54, 1.807) is 7.11 Å². The van der Waals surface area contributed by atoms with Crippen LogP contribution in [0.5, 0.6) is 0 Å². The van der Waals surface area contributed by atoms with Gasteiger partial charge in [0.05, 0.1) is 6.61 Å². The molecular formula is C11H20O2. The van der Waals surface area contributed by atoms with Crippen LogP contribution in [0.3, 0.4) is 0 Å². The molecule has 1 rings (SSSR count). The molecule has 2 heteroatoms. The first-order valence-corrected chi connectivity index (χ1v) is 5.01. The number of hydrogen-bond donors (Lipinski definition) is 0. The molecule has 0 aromatic carbocycles. The number of ether oxygens (including phenoxy) is 1. The Labute approximate surface area is 80.7 Å². The zero-order chi connectivity index (χ0) is 9.90. The van der Waals surface area contributed by atoms with Crippen molar-refractivity contribution in [1.82, 2.24) is 0 Å². The summed E-state index contributed by atoms with van der Waals surface area (Å²) in [6, 6.07) is 0. The fraction of sp³-hybridized carbons (Fsp3) is 0.909. The zero-order valence-electron chi connectivity index (χ0n) is 8.88. The summed E-state index contributed by atoms with van der Waals surface area (Å²) in [7, 11) is 1.75. The minimum absolute atomic E-state index is 0.271. The van der Waals surface area contributed by atoms with E-state index in [0.29, 0.717) is 5.92 Å². The molecule has 1 aliphatic carbocycles. The van der Waals surface area contributed by atoms with Gasteiger partial charge in [-0.25, -0.2) is 0 Å². The van der Waals surface area contributed by atoms with Crippen LogP contribution >= 0.6 is 0 Å². The highest BCUT2D eigenvalue weighted by Gasteiger charge is 2.33. The van der Waals surface area contributed by atoms with Crippen LogP contribution in [-0.2, 0) is 9.53 Å². The molecule has 0 N–H and O–H groups in total. The second-order valence-corrected chi connectivity index (χ2v) is 5.03. The van der Waals surface area contributed by atoms with E-state index >= 15 is 0 Å². The third kappa shape index (κ3) is 3.11. The number of carbonyl (C=O) groups is 1. The Balaban J connectivity index is 2.22. The minimum atomic E-state index is 0.271. The Kier molecular flexibility index (Phi) is 3.48. The van der Waals surface area contributed by atoms with Gasteiger partial charge in [0, 0.05) is 13.0 Å². The Morgan fingerprint density at radius 1 is 1.46 bits per heavy atom.